The van der Waals surface area contributed by atoms with Crippen molar-refractivity contribution in [3.63, 3.8) is 0 Å². The van der Waals surface area contributed by atoms with Crippen LogP contribution in [0, 0.1) is 0 Å². The molecule has 1 fully saturated rings. The molecular formula is C10H15ClN4. The third kappa shape index (κ3) is 3.41. The topological polar surface area (TPSA) is 41.1 Å². The number of hydrogen-bond acceptors (Lipinski definition) is 4. The van der Waals surface area contributed by atoms with E-state index < -0.39 is 0 Å². The number of nitrogens with one attached hydrogen (secondary N) is 1. The van der Waals surface area contributed by atoms with Gasteiger partial charge in [-0.25, -0.2) is 9.97 Å². The molecule has 1 N–H and O–H groups in total. The molecule has 0 aromatic carbocycles. The van der Waals surface area contributed by atoms with Gasteiger partial charge in [0.05, 0.1) is 5.69 Å². The molecule has 1 aromatic heterocycles. The van der Waals surface area contributed by atoms with Gasteiger partial charge in [0.15, 0.2) is 0 Å². The second kappa shape index (κ2) is 5.39. The van der Waals surface area contributed by atoms with Crippen molar-refractivity contribution in [2.45, 2.75) is 13.0 Å². The third-order valence-electron chi connectivity index (χ3n) is 2.50. The summed E-state index contributed by atoms with van der Waals surface area (Å²) in [5, 5.41) is 3.71. The van der Waals surface area contributed by atoms with Crippen LogP contribution < -0.4 is 5.32 Å². The van der Waals surface area contributed by atoms with Crippen molar-refractivity contribution >= 4 is 11.6 Å². The molecule has 0 amide bonds. The van der Waals surface area contributed by atoms with E-state index >= 15 is 0 Å². The Kier molecular flexibility index (Phi) is 3.88. The van der Waals surface area contributed by atoms with Gasteiger partial charge in [0.2, 0.25) is 5.28 Å². The minimum Gasteiger partial charge on any atom is -0.315 e. The van der Waals surface area contributed by atoms with Crippen LogP contribution in [0.4, 0.5) is 0 Å². The maximum atomic E-state index is 5.74. The molecule has 0 spiro atoms. The lowest BCUT2D eigenvalue weighted by Crippen LogP contribution is -2.28. The lowest BCUT2D eigenvalue weighted by molar-refractivity contribution is 0.281. The first-order valence-corrected chi connectivity index (χ1v) is 5.63. The summed E-state index contributed by atoms with van der Waals surface area (Å²) in [6.07, 6.45) is 2.90. The Morgan fingerprint density at radius 2 is 2.33 bits per heavy atom. The molecular weight excluding hydrogens is 212 g/mol. The van der Waals surface area contributed by atoms with Crippen LogP contribution in [-0.2, 0) is 6.54 Å². The van der Waals surface area contributed by atoms with Gasteiger partial charge in [-0.3, -0.25) is 4.90 Å². The maximum absolute atomic E-state index is 5.74. The van der Waals surface area contributed by atoms with E-state index in [1.165, 1.54) is 6.42 Å². The van der Waals surface area contributed by atoms with Crippen molar-refractivity contribution in [3.05, 3.63) is 23.2 Å². The van der Waals surface area contributed by atoms with Gasteiger partial charge in [0, 0.05) is 25.8 Å². The van der Waals surface area contributed by atoms with Crippen LogP contribution in [0.1, 0.15) is 12.1 Å². The lowest BCUT2D eigenvalue weighted by Gasteiger charge is -2.18. The molecule has 1 aromatic rings. The van der Waals surface area contributed by atoms with Crippen molar-refractivity contribution < 1.29 is 0 Å². The van der Waals surface area contributed by atoms with Crippen LogP contribution in [0.25, 0.3) is 0 Å². The molecule has 0 unspecified atom stereocenters. The van der Waals surface area contributed by atoms with E-state index in [1.807, 2.05) is 6.07 Å². The van der Waals surface area contributed by atoms with Gasteiger partial charge in [-0.15, -0.1) is 0 Å². The van der Waals surface area contributed by atoms with E-state index in [0.717, 1.165) is 38.4 Å². The zero-order valence-corrected chi connectivity index (χ0v) is 9.37. The monoisotopic (exact) mass is 226 g/mol. The summed E-state index contributed by atoms with van der Waals surface area (Å²) in [4.78, 5) is 10.5. The summed E-state index contributed by atoms with van der Waals surface area (Å²) in [5.74, 6) is 0. The summed E-state index contributed by atoms with van der Waals surface area (Å²) >= 11 is 5.74. The van der Waals surface area contributed by atoms with E-state index in [9.17, 15) is 0 Å². The number of hydrogen-bond donors (Lipinski definition) is 1. The highest BCUT2D eigenvalue weighted by Crippen LogP contribution is 2.06. The largest absolute Gasteiger partial charge is 0.315 e. The highest BCUT2D eigenvalue weighted by Gasteiger charge is 2.09. The predicted octanol–water partition coefficient (Wildman–Crippen LogP) is 0.925. The SMILES string of the molecule is Clc1nccc(CN2CCCNCC2)n1. The number of aromatic nitrogens is 2. The van der Waals surface area contributed by atoms with Crippen LogP contribution >= 0.6 is 11.6 Å². The van der Waals surface area contributed by atoms with Crippen LogP contribution in [-0.4, -0.2) is 41.0 Å². The minimum absolute atomic E-state index is 0.334. The van der Waals surface area contributed by atoms with E-state index in [1.54, 1.807) is 6.20 Å². The summed E-state index contributed by atoms with van der Waals surface area (Å²) in [5.41, 5.74) is 0.997. The van der Waals surface area contributed by atoms with E-state index in [-0.39, 0.29) is 0 Å². The Bertz CT molecular complexity index is 310. The third-order valence-corrected chi connectivity index (χ3v) is 2.68. The van der Waals surface area contributed by atoms with Crippen molar-refractivity contribution in [3.8, 4) is 0 Å². The standard InChI is InChI=1S/C10H15ClN4/c11-10-13-4-2-9(14-10)8-15-6-1-3-12-5-7-15/h2,4,12H,1,3,5-8H2. The first-order valence-electron chi connectivity index (χ1n) is 5.25. The molecule has 1 aliphatic heterocycles. The number of rotatable bonds is 2. The fourth-order valence-electron chi connectivity index (χ4n) is 1.75. The Hall–Kier alpha value is -0.710. The summed E-state index contributed by atoms with van der Waals surface area (Å²) in [6.45, 7) is 5.22. The van der Waals surface area contributed by atoms with Gasteiger partial charge in [0.1, 0.15) is 0 Å². The molecule has 0 atom stereocenters. The van der Waals surface area contributed by atoms with Crippen LogP contribution in [0.5, 0.6) is 0 Å². The molecule has 82 valence electrons. The zero-order valence-electron chi connectivity index (χ0n) is 8.62. The predicted molar refractivity (Wildman–Crippen MR) is 59.8 cm³/mol. The molecule has 4 nitrogen and oxygen atoms in total. The second-order valence-electron chi connectivity index (χ2n) is 3.70. The molecule has 15 heavy (non-hydrogen) atoms. The maximum Gasteiger partial charge on any atom is 0.222 e. The molecule has 2 rings (SSSR count). The highest BCUT2D eigenvalue weighted by molar-refractivity contribution is 6.28. The Labute approximate surface area is 94.7 Å². The molecule has 0 radical (unpaired) electrons. The lowest BCUT2D eigenvalue weighted by atomic mass is 10.3. The molecule has 5 heteroatoms. The van der Waals surface area contributed by atoms with E-state index in [0.29, 0.717) is 5.28 Å². The van der Waals surface area contributed by atoms with Crippen molar-refractivity contribution in [1.29, 1.82) is 0 Å². The fraction of sp³-hybridized carbons (Fsp3) is 0.600. The minimum atomic E-state index is 0.334. The van der Waals surface area contributed by atoms with Gasteiger partial charge in [-0.2, -0.15) is 0 Å². The van der Waals surface area contributed by atoms with E-state index in [4.69, 9.17) is 11.6 Å². The fourth-order valence-corrected chi connectivity index (χ4v) is 1.91. The quantitative estimate of drug-likeness (QED) is 0.762. The van der Waals surface area contributed by atoms with Gasteiger partial charge < -0.3 is 5.32 Å². The first-order chi connectivity index (χ1) is 7.34. The normalized spacial score (nSPS) is 18.7. The molecule has 0 saturated carbocycles. The molecule has 0 aliphatic carbocycles. The summed E-state index contributed by atoms with van der Waals surface area (Å²) in [7, 11) is 0. The average molecular weight is 227 g/mol. The molecule has 0 bridgehead atoms. The highest BCUT2D eigenvalue weighted by atomic mass is 35.5. The Balaban J connectivity index is 1.95. The smallest absolute Gasteiger partial charge is 0.222 e. The van der Waals surface area contributed by atoms with Gasteiger partial charge in [0.25, 0.3) is 0 Å². The van der Waals surface area contributed by atoms with Gasteiger partial charge in [-0.1, -0.05) is 0 Å². The van der Waals surface area contributed by atoms with Crippen LogP contribution in [0.15, 0.2) is 12.3 Å². The number of nitrogens with zero attached hydrogens (tertiary/aromatic N) is 3. The molecule has 1 saturated heterocycles. The number of halogens is 1. The average Bonchev–Trinajstić information content (AvgIpc) is 2.46. The van der Waals surface area contributed by atoms with Crippen molar-refractivity contribution in [2.75, 3.05) is 26.2 Å². The molecule has 1 aliphatic rings. The Morgan fingerprint density at radius 1 is 1.40 bits per heavy atom. The summed E-state index contributed by atoms with van der Waals surface area (Å²) in [6, 6.07) is 1.92. The van der Waals surface area contributed by atoms with Crippen LogP contribution in [0.3, 0.4) is 0 Å². The van der Waals surface area contributed by atoms with Gasteiger partial charge in [-0.05, 0) is 37.2 Å². The summed E-state index contributed by atoms with van der Waals surface area (Å²) < 4.78 is 0. The molecule has 2 heterocycles. The van der Waals surface area contributed by atoms with Crippen molar-refractivity contribution in [1.82, 2.24) is 20.2 Å². The second-order valence-corrected chi connectivity index (χ2v) is 4.03. The first kappa shape index (κ1) is 10.8. The van der Waals surface area contributed by atoms with E-state index in [2.05, 4.69) is 20.2 Å². The zero-order chi connectivity index (χ0) is 10.5. The van der Waals surface area contributed by atoms with Gasteiger partial charge >= 0.3 is 0 Å². The Morgan fingerprint density at radius 3 is 3.20 bits per heavy atom. The van der Waals surface area contributed by atoms with Crippen molar-refractivity contribution in [2.24, 2.45) is 0 Å². The van der Waals surface area contributed by atoms with Crippen LogP contribution in [0.2, 0.25) is 5.28 Å².